The first-order valence-corrected chi connectivity index (χ1v) is 8.47. The van der Waals surface area contributed by atoms with Crippen molar-refractivity contribution in [2.24, 2.45) is 0 Å². The molecule has 28 heavy (non-hydrogen) atoms. The van der Waals surface area contributed by atoms with Crippen LogP contribution in [0.15, 0.2) is 48.5 Å². The second-order valence-corrected chi connectivity index (χ2v) is 5.83. The summed E-state index contributed by atoms with van der Waals surface area (Å²) in [5, 5.41) is 9.88. The topological polar surface area (TPSA) is 79.9 Å². The van der Waals surface area contributed by atoms with E-state index in [1.807, 2.05) is 0 Å². The Hall–Kier alpha value is -3.36. The first kappa shape index (κ1) is 19.4. The molecule has 3 aromatic rings. The first-order chi connectivity index (χ1) is 13.4. The summed E-state index contributed by atoms with van der Waals surface area (Å²) in [5.74, 6) is 0.299. The van der Waals surface area contributed by atoms with E-state index in [9.17, 15) is 18.0 Å². The maximum atomic E-state index is 12.7. The number of nitrogens with one attached hydrogen (secondary N) is 2. The van der Waals surface area contributed by atoms with Gasteiger partial charge in [-0.25, -0.2) is 4.98 Å². The third-order valence-electron chi connectivity index (χ3n) is 3.81. The minimum atomic E-state index is -4.38. The molecular weight excluding hydrogens is 373 g/mol. The van der Waals surface area contributed by atoms with Crippen LogP contribution >= 0.6 is 0 Å². The average Bonchev–Trinajstić information content (AvgIpc) is 3.10. The number of H-pyrrole nitrogens is 1. The Kier molecular flexibility index (Phi) is 5.62. The summed E-state index contributed by atoms with van der Waals surface area (Å²) in [5.41, 5.74) is 1.02. The van der Waals surface area contributed by atoms with Gasteiger partial charge >= 0.3 is 12.1 Å². The lowest BCUT2D eigenvalue weighted by atomic mass is 10.1. The van der Waals surface area contributed by atoms with E-state index in [-0.39, 0.29) is 13.0 Å². The lowest BCUT2D eigenvalue weighted by Crippen LogP contribution is -2.08. The number of ether oxygens (including phenoxy) is 1. The van der Waals surface area contributed by atoms with Gasteiger partial charge < -0.3 is 10.1 Å². The van der Waals surface area contributed by atoms with Gasteiger partial charge in [-0.3, -0.25) is 9.89 Å². The number of aromatic amines is 1. The Morgan fingerprint density at radius 2 is 1.86 bits per heavy atom. The predicted octanol–water partition coefficient (Wildman–Crippen LogP) is 4.34. The number of halogens is 3. The third kappa shape index (κ3) is 4.67. The monoisotopic (exact) mass is 390 g/mol. The van der Waals surface area contributed by atoms with Crippen molar-refractivity contribution in [2.45, 2.75) is 19.5 Å². The normalized spacial score (nSPS) is 11.3. The fourth-order valence-corrected chi connectivity index (χ4v) is 2.53. The van der Waals surface area contributed by atoms with Gasteiger partial charge in [0.25, 0.3) is 0 Å². The summed E-state index contributed by atoms with van der Waals surface area (Å²) in [6.45, 7) is 1.99. The second kappa shape index (κ2) is 8.12. The van der Waals surface area contributed by atoms with Gasteiger partial charge in [0.2, 0.25) is 0 Å². The van der Waals surface area contributed by atoms with E-state index < -0.39 is 17.7 Å². The molecule has 0 saturated carbocycles. The highest BCUT2D eigenvalue weighted by atomic mass is 19.4. The molecule has 0 radical (unpaired) electrons. The zero-order valence-corrected chi connectivity index (χ0v) is 14.9. The highest BCUT2D eigenvalue weighted by Crippen LogP contribution is 2.32. The average molecular weight is 390 g/mol. The molecule has 0 aliphatic rings. The third-order valence-corrected chi connectivity index (χ3v) is 3.81. The number of carbonyl (C=O) groups is 1. The molecule has 1 heterocycles. The van der Waals surface area contributed by atoms with E-state index in [1.54, 1.807) is 31.2 Å². The highest BCUT2D eigenvalue weighted by Gasteiger charge is 2.29. The standard InChI is InChI=1S/C19H17F3N4O2/c1-2-28-17(27)11-16-24-18(26-25-16)14-5-3-4-6-15(14)23-13-9-7-12(8-10-13)19(20,21)22/h3-10,23H,2,11H2,1H3,(H,24,25,26). The molecule has 0 aliphatic heterocycles. The van der Waals surface area contributed by atoms with Gasteiger partial charge in [-0.1, -0.05) is 12.1 Å². The number of hydrogen-bond acceptors (Lipinski definition) is 5. The molecule has 6 nitrogen and oxygen atoms in total. The minimum Gasteiger partial charge on any atom is -0.466 e. The number of esters is 1. The molecule has 0 unspecified atom stereocenters. The molecule has 0 spiro atoms. The van der Waals surface area contributed by atoms with Crippen molar-refractivity contribution in [3.8, 4) is 11.4 Å². The molecule has 2 aromatic carbocycles. The smallest absolute Gasteiger partial charge is 0.416 e. The van der Waals surface area contributed by atoms with Crippen LogP contribution in [-0.2, 0) is 22.1 Å². The summed E-state index contributed by atoms with van der Waals surface area (Å²) >= 11 is 0. The molecule has 1 aromatic heterocycles. The fourth-order valence-electron chi connectivity index (χ4n) is 2.53. The number of anilines is 2. The molecule has 146 valence electrons. The van der Waals surface area contributed by atoms with Crippen molar-refractivity contribution >= 4 is 17.3 Å². The van der Waals surface area contributed by atoms with Gasteiger partial charge in [0, 0.05) is 16.9 Å². The Balaban J connectivity index is 1.80. The summed E-state index contributed by atoms with van der Waals surface area (Å²) in [6, 6.07) is 11.8. The van der Waals surface area contributed by atoms with Crippen LogP contribution in [0.1, 0.15) is 18.3 Å². The van der Waals surface area contributed by atoms with E-state index >= 15 is 0 Å². The number of nitrogens with zero attached hydrogens (tertiary/aromatic N) is 2. The quantitative estimate of drug-likeness (QED) is 0.612. The van der Waals surface area contributed by atoms with Gasteiger partial charge in [-0.05, 0) is 43.3 Å². The number of carbonyl (C=O) groups excluding carboxylic acids is 1. The molecule has 2 N–H and O–H groups in total. The van der Waals surface area contributed by atoms with Crippen LogP contribution in [0.25, 0.3) is 11.4 Å². The Bertz CT molecular complexity index is 952. The van der Waals surface area contributed by atoms with Crippen molar-refractivity contribution in [3.05, 3.63) is 59.9 Å². The summed E-state index contributed by atoms with van der Waals surface area (Å²) in [4.78, 5) is 15.9. The molecule has 0 atom stereocenters. The van der Waals surface area contributed by atoms with Crippen molar-refractivity contribution in [1.82, 2.24) is 15.2 Å². The van der Waals surface area contributed by atoms with Crippen LogP contribution < -0.4 is 5.32 Å². The van der Waals surface area contributed by atoms with Crippen LogP contribution in [0, 0.1) is 0 Å². The summed E-state index contributed by atoms with van der Waals surface area (Å²) in [7, 11) is 0. The molecule has 9 heteroatoms. The lowest BCUT2D eigenvalue weighted by molar-refractivity contribution is -0.142. The van der Waals surface area contributed by atoms with Crippen LogP contribution in [0.4, 0.5) is 24.5 Å². The fraction of sp³-hybridized carbons (Fsp3) is 0.211. The van der Waals surface area contributed by atoms with Gasteiger partial charge in [-0.2, -0.15) is 18.3 Å². The molecule has 0 bridgehead atoms. The van der Waals surface area contributed by atoms with Crippen molar-refractivity contribution in [2.75, 3.05) is 11.9 Å². The number of para-hydroxylation sites is 1. The zero-order chi connectivity index (χ0) is 20.1. The number of alkyl halides is 3. The van der Waals surface area contributed by atoms with Crippen LogP contribution in [0.3, 0.4) is 0 Å². The number of aromatic nitrogens is 3. The van der Waals surface area contributed by atoms with Crippen LogP contribution in [0.5, 0.6) is 0 Å². The Labute approximate surface area is 158 Å². The molecular formula is C19H17F3N4O2. The molecule has 0 aliphatic carbocycles. The number of benzene rings is 2. The second-order valence-electron chi connectivity index (χ2n) is 5.83. The van der Waals surface area contributed by atoms with E-state index in [4.69, 9.17) is 4.74 Å². The van der Waals surface area contributed by atoms with Crippen molar-refractivity contribution in [1.29, 1.82) is 0 Å². The van der Waals surface area contributed by atoms with Crippen LogP contribution in [-0.4, -0.2) is 27.8 Å². The first-order valence-electron chi connectivity index (χ1n) is 8.47. The summed E-state index contributed by atoms with van der Waals surface area (Å²) < 4.78 is 43.0. The lowest BCUT2D eigenvalue weighted by Gasteiger charge is -2.11. The van der Waals surface area contributed by atoms with Crippen molar-refractivity contribution in [3.63, 3.8) is 0 Å². The van der Waals surface area contributed by atoms with E-state index in [0.717, 1.165) is 12.1 Å². The molecule has 0 fully saturated rings. The predicted molar refractivity (Wildman–Crippen MR) is 96.9 cm³/mol. The number of hydrogen-bond donors (Lipinski definition) is 2. The molecule has 3 rings (SSSR count). The van der Waals surface area contributed by atoms with Gasteiger partial charge in [0.1, 0.15) is 12.2 Å². The van der Waals surface area contributed by atoms with E-state index in [2.05, 4.69) is 20.5 Å². The van der Waals surface area contributed by atoms with Crippen molar-refractivity contribution < 1.29 is 22.7 Å². The Morgan fingerprint density at radius 3 is 2.54 bits per heavy atom. The highest BCUT2D eigenvalue weighted by molar-refractivity contribution is 5.78. The molecule has 0 saturated heterocycles. The van der Waals surface area contributed by atoms with Gasteiger partial charge in [0.15, 0.2) is 5.82 Å². The maximum absolute atomic E-state index is 12.7. The van der Waals surface area contributed by atoms with E-state index in [0.29, 0.717) is 28.6 Å². The summed E-state index contributed by atoms with van der Waals surface area (Å²) in [6.07, 6.45) is -4.42. The van der Waals surface area contributed by atoms with Gasteiger partial charge in [-0.15, -0.1) is 0 Å². The maximum Gasteiger partial charge on any atom is 0.416 e. The zero-order valence-electron chi connectivity index (χ0n) is 14.9. The van der Waals surface area contributed by atoms with Gasteiger partial charge in [0.05, 0.1) is 12.2 Å². The SMILES string of the molecule is CCOC(=O)Cc1nc(-c2ccccc2Nc2ccc(C(F)(F)F)cc2)n[nH]1. The van der Waals surface area contributed by atoms with Crippen LogP contribution in [0.2, 0.25) is 0 Å². The van der Waals surface area contributed by atoms with E-state index in [1.165, 1.54) is 12.1 Å². The molecule has 0 amide bonds. The minimum absolute atomic E-state index is 0.0324. The largest absolute Gasteiger partial charge is 0.466 e. The number of rotatable bonds is 6. The Morgan fingerprint density at radius 1 is 1.14 bits per heavy atom.